The van der Waals surface area contributed by atoms with Gasteiger partial charge in [0, 0.05) is 12.8 Å². The van der Waals surface area contributed by atoms with Crippen molar-refractivity contribution in [3.05, 3.63) is 59.7 Å². The van der Waals surface area contributed by atoms with Crippen LogP contribution in [0.3, 0.4) is 0 Å². The Bertz CT molecular complexity index is 761. The zero-order valence-corrected chi connectivity index (χ0v) is 15.5. The Kier molecular flexibility index (Phi) is 6.58. The molecule has 4 N–H and O–H groups in total. The average Bonchev–Trinajstić information content (AvgIpc) is 2.60. The molecule has 132 valence electrons. The summed E-state index contributed by atoms with van der Waals surface area (Å²) in [7, 11) is 1.46. The molecule has 0 unspecified atom stereocenters. The second-order valence-corrected chi connectivity index (χ2v) is 6.76. The Morgan fingerprint density at radius 2 is 1.80 bits per heavy atom. The normalized spacial score (nSPS) is 11.3. The summed E-state index contributed by atoms with van der Waals surface area (Å²) in [5.74, 6) is 12.1. The Balaban J connectivity index is 2.19. The number of hydrogen-bond acceptors (Lipinski definition) is 5. The van der Waals surface area contributed by atoms with Crippen molar-refractivity contribution >= 4 is 34.2 Å². The molecule has 0 saturated carbocycles. The van der Waals surface area contributed by atoms with Crippen molar-refractivity contribution in [2.45, 2.75) is 19.6 Å². The number of amides is 2. The summed E-state index contributed by atoms with van der Waals surface area (Å²) in [6.07, 6.45) is 0. The number of anilines is 1. The van der Waals surface area contributed by atoms with Crippen LogP contribution in [0.5, 0.6) is 0 Å². The van der Waals surface area contributed by atoms with Crippen molar-refractivity contribution in [1.82, 2.24) is 5.01 Å². The van der Waals surface area contributed by atoms with Gasteiger partial charge in [0.25, 0.3) is 0 Å². The molecular formula is C18H23N5OS. The van der Waals surface area contributed by atoms with Crippen LogP contribution in [0, 0.1) is 6.92 Å². The SMILES string of the molecule is CC(=Nc1ccccc1)SCc1c(C)cccc1N(N)C(=O)N(C)N. The summed E-state index contributed by atoms with van der Waals surface area (Å²) in [5.41, 5.74) is 3.59. The maximum atomic E-state index is 12.1. The van der Waals surface area contributed by atoms with E-state index < -0.39 is 6.03 Å². The lowest BCUT2D eigenvalue weighted by molar-refractivity contribution is 0.216. The van der Waals surface area contributed by atoms with Crippen molar-refractivity contribution in [1.29, 1.82) is 0 Å². The van der Waals surface area contributed by atoms with E-state index >= 15 is 0 Å². The molecule has 0 bridgehead atoms. The first-order chi connectivity index (χ1) is 11.9. The highest BCUT2D eigenvalue weighted by Crippen LogP contribution is 2.28. The van der Waals surface area contributed by atoms with E-state index in [0.717, 1.165) is 31.9 Å². The van der Waals surface area contributed by atoms with Gasteiger partial charge in [-0.1, -0.05) is 30.3 Å². The molecule has 0 aromatic heterocycles. The molecule has 2 aromatic carbocycles. The molecular weight excluding hydrogens is 334 g/mol. The minimum Gasteiger partial charge on any atom is -0.264 e. The fourth-order valence-electron chi connectivity index (χ4n) is 2.27. The summed E-state index contributed by atoms with van der Waals surface area (Å²) < 4.78 is 0. The van der Waals surface area contributed by atoms with Gasteiger partial charge in [0.15, 0.2) is 0 Å². The van der Waals surface area contributed by atoms with Crippen molar-refractivity contribution in [3.8, 4) is 0 Å². The van der Waals surface area contributed by atoms with Crippen LogP contribution in [0.25, 0.3) is 0 Å². The molecule has 2 aromatic rings. The molecule has 0 spiro atoms. The number of para-hydroxylation sites is 1. The van der Waals surface area contributed by atoms with Gasteiger partial charge in [0.1, 0.15) is 0 Å². The van der Waals surface area contributed by atoms with Crippen LogP contribution >= 0.6 is 11.8 Å². The van der Waals surface area contributed by atoms with E-state index in [1.807, 2.05) is 62.4 Å². The minimum atomic E-state index is -0.480. The topological polar surface area (TPSA) is 88.0 Å². The smallest absolute Gasteiger partial charge is 0.264 e. The third-order valence-electron chi connectivity index (χ3n) is 3.62. The largest absolute Gasteiger partial charge is 0.352 e. The fraction of sp³-hybridized carbons (Fsp3) is 0.222. The van der Waals surface area contributed by atoms with E-state index in [2.05, 4.69) is 4.99 Å². The molecule has 2 rings (SSSR count). The lowest BCUT2D eigenvalue weighted by Gasteiger charge is -2.24. The number of nitrogens with zero attached hydrogens (tertiary/aromatic N) is 3. The lowest BCUT2D eigenvalue weighted by Crippen LogP contribution is -2.49. The number of aryl methyl sites for hydroxylation is 1. The Hall–Kier alpha value is -2.35. The van der Waals surface area contributed by atoms with Crippen LogP contribution in [-0.2, 0) is 5.75 Å². The van der Waals surface area contributed by atoms with Crippen molar-refractivity contribution in [2.75, 3.05) is 12.1 Å². The summed E-state index contributed by atoms with van der Waals surface area (Å²) in [6.45, 7) is 3.96. The van der Waals surface area contributed by atoms with Gasteiger partial charge >= 0.3 is 6.03 Å². The Labute approximate surface area is 152 Å². The lowest BCUT2D eigenvalue weighted by atomic mass is 10.1. The van der Waals surface area contributed by atoms with E-state index in [0.29, 0.717) is 11.4 Å². The van der Waals surface area contributed by atoms with Crippen molar-refractivity contribution in [2.24, 2.45) is 16.7 Å². The number of aliphatic imine (C=N–C) groups is 1. The molecule has 7 heteroatoms. The third kappa shape index (κ3) is 5.06. The highest BCUT2D eigenvalue weighted by Gasteiger charge is 2.18. The Morgan fingerprint density at radius 3 is 2.44 bits per heavy atom. The predicted octanol–water partition coefficient (Wildman–Crippen LogP) is 3.58. The van der Waals surface area contributed by atoms with Crippen LogP contribution in [0.1, 0.15) is 18.1 Å². The number of thioether (sulfide) groups is 1. The van der Waals surface area contributed by atoms with Crippen LogP contribution in [0.15, 0.2) is 53.5 Å². The number of nitrogens with two attached hydrogens (primary N) is 2. The highest BCUT2D eigenvalue weighted by molar-refractivity contribution is 8.13. The molecule has 0 atom stereocenters. The van der Waals surface area contributed by atoms with E-state index in [1.54, 1.807) is 11.8 Å². The second-order valence-electron chi connectivity index (χ2n) is 5.59. The van der Waals surface area contributed by atoms with Gasteiger partial charge in [0.05, 0.1) is 16.4 Å². The van der Waals surface area contributed by atoms with Gasteiger partial charge in [-0.2, -0.15) is 0 Å². The minimum absolute atomic E-state index is 0.480. The van der Waals surface area contributed by atoms with Gasteiger partial charge in [0.2, 0.25) is 0 Å². The van der Waals surface area contributed by atoms with Gasteiger partial charge in [-0.15, -0.1) is 11.8 Å². The maximum Gasteiger partial charge on any atom is 0.352 e. The summed E-state index contributed by atoms with van der Waals surface area (Å²) in [6, 6.07) is 15.0. The molecule has 0 radical (unpaired) electrons. The first kappa shape index (κ1) is 19.0. The van der Waals surface area contributed by atoms with Gasteiger partial charge < -0.3 is 0 Å². The monoisotopic (exact) mass is 357 g/mol. The number of benzene rings is 2. The zero-order valence-electron chi connectivity index (χ0n) is 14.6. The summed E-state index contributed by atoms with van der Waals surface area (Å²) >= 11 is 1.60. The molecule has 0 fully saturated rings. The molecule has 0 aliphatic rings. The summed E-state index contributed by atoms with van der Waals surface area (Å²) in [5, 5.41) is 2.97. The first-order valence-corrected chi connectivity index (χ1v) is 8.77. The molecule has 0 aliphatic carbocycles. The standard InChI is InChI=1S/C18H23N5OS/c1-13-8-7-11-17(23(20)18(24)22(3)19)16(13)12-25-14(2)21-15-9-5-4-6-10-15/h4-11H,12,19-20H2,1-3H3. The predicted molar refractivity (Wildman–Crippen MR) is 106 cm³/mol. The maximum absolute atomic E-state index is 12.1. The molecule has 0 saturated heterocycles. The quantitative estimate of drug-likeness (QED) is 0.288. The van der Waals surface area contributed by atoms with E-state index in [1.165, 1.54) is 7.05 Å². The van der Waals surface area contributed by atoms with E-state index in [4.69, 9.17) is 11.7 Å². The first-order valence-electron chi connectivity index (χ1n) is 7.79. The van der Waals surface area contributed by atoms with Crippen LogP contribution < -0.4 is 16.7 Å². The highest BCUT2D eigenvalue weighted by atomic mass is 32.2. The number of carbonyl (C=O) groups excluding carboxylic acids is 1. The second kappa shape index (κ2) is 8.66. The number of carbonyl (C=O) groups is 1. The molecule has 25 heavy (non-hydrogen) atoms. The van der Waals surface area contributed by atoms with Crippen LogP contribution in [0.4, 0.5) is 16.2 Å². The number of urea groups is 1. The molecule has 0 heterocycles. The van der Waals surface area contributed by atoms with Gasteiger partial charge in [-0.25, -0.2) is 26.5 Å². The van der Waals surface area contributed by atoms with Gasteiger partial charge in [-0.3, -0.25) is 5.01 Å². The van der Waals surface area contributed by atoms with E-state index in [-0.39, 0.29) is 0 Å². The zero-order chi connectivity index (χ0) is 18.4. The van der Waals surface area contributed by atoms with Crippen molar-refractivity contribution < 1.29 is 4.79 Å². The molecule has 0 aliphatic heterocycles. The van der Waals surface area contributed by atoms with Crippen LogP contribution in [0.2, 0.25) is 0 Å². The fourth-order valence-corrected chi connectivity index (χ4v) is 3.17. The van der Waals surface area contributed by atoms with E-state index in [9.17, 15) is 4.79 Å². The van der Waals surface area contributed by atoms with Gasteiger partial charge in [-0.05, 0) is 43.2 Å². The molecule has 6 nitrogen and oxygen atoms in total. The average molecular weight is 357 g/mol. The summed E-state index contributed by atoms with van der Waals surface area (Å²) in [4.78, 5) is 16.6. The Morgan fingerprint density at radius 1 is 1.12 bits per heavy atom. The van der Waals surface area contributed by atoms with Crippen LogP contribution in [-0.4, -0.2) is 23.1 Å². The number of hydrazine groups is 2. The third-order valence-corrected chi connectivity index (χ3v) is 4.56. The number of hydrogen-bond donors (Lipinski definition) is 2. The molecule has 2 amide bonds. The number of rotatable bonds is 4. The van der Waals surface area contributed by atoms with Crippen molar-refractivity contribution in [3.63, 3.8) is 0 Å².